The van der Waals surface area contributed by atoms with Gasteiger partial charge >= 0.3 is 178 Å². The zero-order chi connectivity index (χ0) is 21.3. The average Bonchev–Trinajstić information content (AvgIpc) is 3.15. The molecule has 162 valence electrons. The molecule has 2 N–H and O–H groups in total. The zero-order valence-electron chi connectivity index (χ0n) is 18.0. The van der Waals surface area contributed by atoms with Gasteiger partial charge < -0.3 is 0 Å². The number of hydrogen-bond donors (Lipinski definition) is 1. The Hall–Kier alpha value is -1.25. The van der Waals surface area contributed by atoms with Crippen molar-refractivity contribution in [3.05, 3.63) is 18.5 Å². The van der Waals surface area contributed by atoms with E-state index in [1.807, 2.05) is 0 Å². The van der Waals surface area contributed by atoms with Crippen molar-refractivity contribution in [2.75, 3.05) is 5.73 Å². The van der Waals surface area contributed by atoms with Gasteiger partial charge in [-0.2, -0.15) is 0 Å². The van der Waals surface area contributed by atoms with E-state index in [0.29, 0.717) is 11.6 Å². The van der Waals surface area contributed by atoms with Gasteiger partial charge in [0.1, 0.15) is 0 Å². The van der Waals surface area contributed by atoms with E-state index in [1.54, 1.807) is 18.5 Å². The first-order valence-electron chi connectivity index (χ1n) is 10.9. The van der Waals surface area contributed by atoms with Gasteiger partial charge in [-0.05, 0) is 0 Å². The van der Waals surface area contributed by atoms with Crippen LogP contribution in [0.25, 0.3) is 11.3 Å². The van der Waals surface area contributed by atoms with Gasteiger partial charge in [-0.3, -0.25) is 0 Å². The first-order valence-corrected chi connectivity index (χ1v) is 18.4. The number of nitrogens with zero attached hydrogens (tertiary/aromatic N) is 4. The second-order valence-corrected chi connectivity index (χ2v) is 20.8. The monoisotopic (exact) mass is 515 g/mol. The molecule has 0 aliphatic heterocycles. The Bertz CT molecular complexity index is 729. The Morgan fingerprint density at radius 3 is 2.14 bits per heavy atom. The molecule has 2 aromatic heterocycles. The number of alkyl halides is 2. The van der Waals surface area contributed by atoms with E-state index in [9.17, 15) is 8.78 Å². The summed E-state index contributed by atoms with van der Waals surface area (Å²) in [5.74, 6) is 0.307. The van der Waals surface area contributed by atoms with Crippen LogP contribution in [0.5, 0.6) is 0 Å². The van der Waals surface area contributed by atoms with Gasteiger partial charge in [0, 0.05) is 0 Å². The third-order valence-electron chi connectivity index (χ3n) is 5.58. The predicted molar refractivity (Wildman–Crippen MR) is 118 cm³/mol. The second kappa shape index (κ2) is 11.8. The maximum absolute atomic E-state index is 12.8. The van der Waals surface area contributed by atoms with E-state index in [4.69, 9.17) is 10.7 Å². The SMILES string of the molecule is CCC[CH2][Sn]([CH2]CCC)([CH2]CCC)[c]1nc(N)ncc1-c1ccn(CC(F)F)n1. The molecule has 0 spiro atoms. The molecule has 2 heterocycles. The van der Waals surface area contributed by atoms with Crippen LogP contribution < -0.4 is 9.44 Å². The number of aromatic nitrogens is 4. The van der Waals surface area contributed by atoms with E-state index in [2.05, 4.69) is 30.9 Å². The van der Waals surface area contributed by atoms with Gasteiger partial charge in [0.2, 0.25) is 0 Å². The molecule has 0 atom stereocenters. The Balaban J connectivity index is 2.55. The summed E-state index contributed by atoms with van der Waals surface area (Å²) in [7, 11) is 0. The zero-order valence-corrected chi connectivity index (χ0v) is 20.9. The Kier molecular flexibility index (Phi) is 9.78. The summed E-state index contributed by atoms with van der Waals surface area (Å²) in [6, 6.07) is 1.80. The van der Waals surface area contributed by atoms with E-state index in [0.717, 1.165) is 28.5 Å². The van der Waals surface area contributed by atoms with Crippen LogP contribution in [0.15, 0.2) is 18.5 Å². The molecule has 0 amide bonds. The molecular weight excluding hydrogens is 479 g/mol. The van der Waals surface area contributed by atoms with Crippen molar-refractivity contribution >= 4 is 28.0 Å². The molecule has 0 aromatic carbocycles. The normalized spacial score (nSPS) is 12.1. The van der Waals surface area contributed by atoms with Crippen molar-refractivity contribution in [3.8, 4) is 11.3 Å². The van der Waals surface area contributed by atoms with Crippen molar-refractivity contribution in [3.63, 3.8) is 0 Å². The van der Waals surface area contributed by atoms with E-state index in [-0.39, 0.29) is 0 Å². The van der Waals surface area contributed by atoms with Gasteiger partial charge in [-0.1, -0.05) is 0 Å². The molecule has 0 fully saturated rings. The second-order valence-electron chi connectivity index (χ2n) is 7.90. The van der Waals surface area contributed by atoms with E-state index >= 15 is 0 Å². The number of hydrogen-bond acceptors (Lipinski definition) is 4. The molecular formula is C21H35F2N5Sn. The fraction of sp³-hybridized carbons (Fsp3) is 0.667. The molecule has 0 aliphatic carbocycles. The summed E-state index contributed by atoms with van der Waals surface area (Å²) in [6.45, 7) is 6.30. The fourth-order valence-corrected chi connectivity index (χ4v) is 20.2. The molecule has 0 saturated carbocycles. The number of unbranched alkanes of at least 4 members (excludes halogenated alkanes) is 3. The molecule has 5 nitrogen and oxygen atoms in total. The summed E-state index contributed by atoms with van der Waals surface area (Å²) in [5, 5.41) is 4.41. The van der Waals surface area contributed by atoms with Crippen molar-refractivity contribution in [2.45, 2.75) is 85.6 Å². The van der Waals surface area contributed by atoms with Crippen molar-refractivity contribution in [2.24, 2.45) is 0 Å². The predicted octanol–water partition coefficient (Wildman–Crippen LogP) is 5.24. The third-order valence-corrected chi connectivity index (χ3v) is 20.8. The molecule has 8 heteroatoms. The molecule has 0 radical (unpaired) electrons. The maximum atomic E-state index is 12.8. The number of anilines is 1. The van der Waals surface area contributed by atoms with Crippen LogP contribution in [0.4, 0.5) is 14.7 Å². The summed E-state index contributed by atoms with van der Waals surface area (Å²) < 4.78 is 31.7. The van der Waals surface area contributed by atoms with Crippen LogP contribution in [0.3, 0.4) is 0 Å². The standard InChI is InChI=1S/C9H8F2N5.3C4H9.Sn/c10-8(11)5-16-2-1-7(15-16)6-3-13-9(12)14-4-6;3*1-3-4-2;/h1-3,8H,5H2,(H2,12,13,14);3*1,3-4H2,2H3;. The average molecular weight is 514 g/mol. The molecule has 29 heavy (non-hydrogen) atoms. The summed E-state index contributed by atoms with van der Waals surface area (Å²) >= 11 is -2.89. The summed E-state index contributed by atoms with van der Waals surface area (Å²) in [4.78, 5) is 9.06. The Morgan fingerprint density at radius 2 is 1.62 bits per heavy atom. The van der Waals surface area contributed by atoms with Crippen LogP contribution in [0.1, 0.15) is 59.3 Å². The number of halogens is 2. The number of nitrogens with two attached hydrogens (primary N) is 1. The fourth-order valence-electron chi connectivity index (χ4n) is 4.01. The third kappa shape index (κ3) is 6.62. The number of nitrogen functional groups attached to an aromatic ring is 1. The molecule has 0 bridgehead atoms. The van der Waals surface area contributed by atoms with E-state index in [1.165, 1.54) is 37.3 Å². The van der Waals surface area contributed by atoms with Crippen molar-refractivity contribution in [1.29, 1.82) is 0 Å². The van der Waals surface area contributed by atoms with Gasteiger partial charge in [0.15, 0.2) is 0 Å². The Morgan fingerprint density at radius 1 is 1.03 bits per heavy atom. The van der Waals surface area contributed by atoms with Crippen molar-refractivity contribution in [1.82, 2.24) is 19.7 Å². The van der Waals surface area contributed by atoms with Gasteiger partial charge in [0.05, 0.1) is 0 Å². The van der Waals surface area contributed by atoms with E-state index < -0.39 is 31.3 Å². The first-order chi connectivity index (χ1) is 14.0. The van der Waals surface area contributed by atoms with Crippen molar-refractivity contribution < 1.29 is 8.78 Å². The minimum atomic E-state index is -2.89. The first kappa shape index (κ1) is 24.0. The van der Waals surface area contributed by atoms with Gasteiger partial charge in [0.25, 0.3) is 0 Å². The molecule has 2 rings (SSSR count). The van der Waals surface area contributed by atoms with Crippen LogP contribution in [0.2, 0.25) is 13.3 Å². The van der Waals surface area contributed by atoms with Crippen LogP contribution in [-0.4, -0.2) is 44.6 Å². The minimum absolute atomic E-state index is 0.307. The van der Waals surface area contributed by atoms with Gasteiger partial charge in [-0.15, -0.1) is 0 Å². The molecule has 2 aromatic rings. The van der Waals surface area contributed by atoms with Crippen LogP contribution in [-0.2, 0) is 6.54 Å². The number of rotatable bonds is 13. The molecule has 0 saturated heterocycles. The van der Waals surface area contributed by atoms with Crippen LogP contribution >= 0.6 is 0 Å². The van der Waals surface area contributed by atoms with Crippen LogP contribution in [0, 0.1) is 0 Å². The summed E-state index contributed by atoms with van der Waals surface area (Å²) in [5.41, 5.74) is 7.64. The molecule has 0 aliphatic rings. The summed E-state index contributed by atoms with van der Waals surface area (Å²) in [6.07, 6.45) is 8.04. The van der Waals surface area contributed by atoms with Gasteiger partial charge in [-0.25, -0.2) is 0 Å². The topological polar surface area (TPSA) is 69.6 Å². The molecule has 0 unspecified atom stereocenters. The quantitative estimate of drug-likeness (QED) is 0.371. The Labute approximate surface area is 177 Å².